The third-order valence-corrected chi connectivity index (χ3v) is 2.43. The first-order valence-electron chi connectivity index (χ1n) is 4.40. The van der Waals surface area contributed by atoms with Gasteiger partial charge in [0.2, 0.25) is 5.91 Å². The molecule has 0 aromatic carbocycles. The summed E-state index contributed by atoms with van der Waals surface area (Å²) in [6.45, 7) is -0.328. The Kier molecular flexibility index (Phi) is 5.30. The normalized spacial score (nSPS) is 9.75. The lowest BCUT2D eigenvalue weighted by Gasteiger charge is -2.03. The van der Waals surface area contributed by atoms with Gasteiger partial charge in [-0.15, -0.1) is 11.8 Å². The third-order valence-electron chi connectivity index (χ3n) is 1.42. The molecule has 0 atom stereocenters. The number of nitrogens with one attached hydrogen (secondary N) is 1. The van der Waals surface area contributed by atoms with Gasteiger partial charge in [-0.3, -0.25) is 19.4 Å². The van der Waals surface area contributed by atoms with Gasteiger partial charge in [0.05, 0.1) is 5.75 Å². The molecule has 0 spiro atoms. The summed E-state index contributed by atoms with van der Waals surface area (Å²) in [6.07, 6.45) is 3.29. The Morgan fingerprint density at radius 3 is 2.75 bits per heavy atom. The van der Waals surface area contributed by atoms with Gasteiger partial charge in [0.15, 0.2) is 6.61 Å². The third kappa shape index (κ3) is 5.32. The molecule has 1 heterocycles. The molecular weight excluding hydrogens is 230 g/mol. The van der Waals surface area contributed by atoms with Gasteiger partial charge in [0, 0.05) is 17.3 Å². The van der Waals surface area contributed by atoms with E-state index in [-0.39, 0.29) is 18.3 Å². The van der Waals surface area contributed by atoms with Gasteiger partial charge in [0.25, 0.3) is 5.91 Å². The zero-order chi connectivity index (χ0) is 11.8. The Labute approximate surface area is 96.5 Å². The van der Waals surface area contributed by atoms with Gasteiger partial charge in [-0.25, -0.2) is 5.48 Å². The van der Waals surface area contributed by atoms with Gasteiger partial charge in [-0.1, -0.05) is 0 Å². The van der Waals surface area contributed by atoms with Crippen LogP contribution in [0.25, 0.3) is 0 Å². The first kappa shape index (κ1) is 12.5. The van der Waals surface area contributed by atoms with Crippen molar-refractivity contribution in [2.24, 2.45) is 5.73 Å². The van der Waals surface area contributed by atoms with Crippen LogP contribution in [0.15, 0.2) is 29.4 Å². The lowest BCUT2D eigenvalue weighted by atomic mass is 10.5. The number of primary amides is 1. The molecule has 1 aromatic rings. The summed E-state index contributed by atoms with van der Waals surface area (Å²) in [5, 5.41) is 0. The smallest absolute Gasteiger partial charge is 0.253 e. The highest BCUT2D eigenvalue weighted by Gasteiger charge is 2.03. The van der Waals surface area contributed by atoms with E-state index in [1.54, 1.807) is 24.5 Å². The topological polar surface area (TPSA) is 94.3 Å². The van der Waals surface area contributed by atoms with Gasteiger partial charge >= 0.3 is 0 Å². The molecule has 6 nitrogen and oxygen atoms in total. The van der Waals surface area contributed by atoms with Crippen molar-refractivity contribution in [3.05, 3.63) is 24.5 Å². The molecular formula is C9H11N3O3S. The summed E-state index contributed by atoms with van der Waals surface area (Å²) in [6, 6.07) is 3.59. The van der Waals surface area contributed by atoms with E-state index in [1.165, 1.54) is 11.8 Å². The number of amides is 2. The number of carbonyl (C=O) groups is 2. The number of hydrogen-bond acceptors (Lipinski definition) is 5. The zero-order valence-corrected chi connectivity index (χ0v) is 9.20. The highest BCUT2D eigenvalue weighted by atomic mass is 32.2. The molecule has 1 rings (SSSR count). The molecule has 0 aliphatic heterocycles. The molecule has 0 unspecified atom stereocenters. The van der Waals surface area contributed by atoms with Crippen LogP contribution in [0.3, 0.4) is 0 Å². The average molecular weight is 241 g/mol. The molecule has 7 heteroatoms. The van der Waals surface area contributed by atoms with Crippen LogP contribution in [-0.2, 0) is 14.4 Å². The number of rotatable bonds is 6. The van der Waals surface area contributed by atoms with E-state index in [4.69, 9.17) is 5.73 Å². The number of thioether (sulfide) groups is 1. The molecule has 16 heavy (non-hydrogen) atoms. The van der Waals surface area contributed by atoms with Crippen molar-refractivity contribution >= 4 is 23.6 Å². The van der Waals surface area contributed by atoms with E-state index < -0.39 is 5.91 Å². The second kappa shape index (κ2) is 6.81. The Hall–Kier alpha value is -1.60. The Balaban J connectivity index is 2.18. The lowest BCUT2D eigenvalue weighted by Crippen LogP contribution is -2.30. The quantitative estimate of drug-likeness (QED) is 0.527. The number of nitrogens with two attached hydrogens (primary N) is 1. The van der Waals surface area contributed by atoms with Crippen LogP contribution in [0.5, 0.6) is 0 Å². The van der Waals surface area contributed by atoms with Crippen molar-refractivity contribution in [2.45, 2.75) is 4.90 Å². The molecule has 1 aromatic heterocycles. The summed E-state index contributed by atoms with van der Waals surface area (Å²) in [5.74, 6) is -0.770. The van der Waals surface area contributed by atoms with Crippen LogP contribution in [0.1, 0.15) is 0 Å². The molecule has 0 fully saturated rings. The van der Waals surface area contributed by atoms with Gasteiger partial charge in [-0.2, -0.15) is 0 Å². The first-order valence-corrected chi connectivity index (χ1v) is 5.39. The van der Waals surface area contributed by atoms with Crippen molar-refractivity contribution in [3.63, 3.8) is 0 Å². The minimum absolute atomic E-state index is 0.197. The SMILES string of the molecule is NC(=O)CONC(=O)CSc1ccncc1. The Bertz CT molecular complexity index is 358. The van der Waals surface area contributed by atoms with Crippen molar-refractivity contribution in [1.82, 2.24) is 10.5 Å². The number of carbonyl (C=O) groups excluding carboxylic acids is 2. The monoisotopic (exact) mass is 241 g/mol. The number of aromatic nitrogens is 1. The van der Waals surface area contributed by atoms with Crippen molar-refractivity contribution in [3.8, 4) is 0 Å². The maximum absolute atomic E-state index is 11.2. The van der Waals surface area contributed by atoms with Crippen molar-refractivity contribution in [2.75, 3.05) is 12.4 Å². The second-order valence-electron chi connectivity index (χ2n) is 2.75. The number of hydrogen-bond donors (Lipinski definition) is 2. The molecule has 0 bridgehead atoms. The Morgan fingerprint density at radius 2 is 2.12 bits per heavy atom. The van der Waals surface area contributed by atoms with Gasteiger partial charge in [0.1, 0.15) is 0 Å². The van der Waals surface area contributed by atoms with E-state index in [9.17, 15) is 9.59 Å². The number of hydroxylamine groups is 1. The second-order valence-corrected chi connectivity index (χ2v) is 3.80. The number of nitrogens with zero attached hydrogens (tertiary/aromatic N) is 1. The highest BCUT2D eigenvalue weighted by molar-refractivity contribution is 8.00. The predicted octanol–water partition coefficient (Wildman–Crippen LogP) is -0.293. The van der Waals surface area contributed by atoms with Crippen LogP contribution in [-0.4, -0.2) is 29.2 Å². The van der Waals surface area contributed by atoms with E-state index >= 15 is 0 Å². The molecule has 86 valence electrons. The maximum atomic E-state index is 11.2. The van der Waals surface area contributed by atoms with E-state index in [0.717, 1.165) is 4.90 Å². The summed E-state index contributed by atoms with van der Waals surface area (Å²) in [5.41, 5.74) is 6.92. The zero-order valence-electron chi connectivity index (χ0n) is 8.38. The van der Waals surface area contributed by atoms with E-state index in [1.807, 2.05) is 0 Å². The summed E-state index contributed by atoms with van der Waals surface area (Å²) in [7, 11) is 0. The fourth-order valence-electron chi connectivity index (χ4n) is 0.801. The molecule has 0 saturated heterocycles. The molecule has 0 saturated carbocycles. The fourth-order valence-corrected chi connectivity index (χ4v) is 1.47. The van der Waals surface area contributed by atoms with E-state index in [0.29, 0.717) is 0 Å². The highest BCUT2D eigenvalue weighted by Crippen LogP contribution is 2.15. The van der Waals surface area contributed by atoms with Crippen LogP contribution < -0.4 is 11.2 Å². The average Bonchev–Trinajstić information content (AvgIpc) is 2.27. The van der Waals surface area contributed by atoms with Gasteiger partial charge in [-0.05, 0) is 12.1 Å². The number of pyridine rings is 1. The first-order chi connectivity index (χ1) is 7.68. The molecule has 0 aliphatic carbocycles. The lowest BCUT2D eigenvalue weighted by molar-refractivity contribution is -0.135. The predicted molar refractivity (Wildman–Crippen MR) is 58.3 cm³/mol. The van der Waals surface area contributed by atoms with E-state index in [2.05, 4.69) is 15.3 Å². The largest absolute Gasteiger partial charge is 0.368 e. The fraction of sp³-hybridized carbons (Fsp3) is 0.222. The van der Waals surface area contributed by atoms with Crippen LogP contribution in [0.4, 0.5) is 0 Å². The van der Waals surface area contributed by atoms with Gasteiger partial charge < -0.3 is 5.73 Å². The standard InChI is InChI=1S/C9H11N3O3S/c10-8(13)5-15-12-9(14)6-16-7-1-3-11-4-2-7/h1-4H,5-6H2,(H2,10,13)(H,12,14). The minimum Gasteiger partial charge on any atom is -0.368 e. The molecule has 0 aliphatic rings. The maximum Gasteiger partial charge on any atom is 0.253 e. The van der Waals surface area contributed by atoms with Crippen molar-refractivity contribution in [1.29, 1.82) is 0 Å². The minimum atomic E-state index is -0.637. The Morgan fingerprint density at radius 1 is 1.44 bits per heavy atom. The molecule has 0 radical (unpaired) electrons. The van der Waals surface area contributed by atoms with Crippen LogP contribution >= 0.6 is 11.8 Å². The molecule has 3 N–H and O–H groups in total. The summed E-state index contributed by atoms with van der Waals surface area (Å²) >= 11 is 1.34. The summed E-state index contributed by atoms with van der Waals surface area (Å²) < 4.78 is 0. The van der Waals surface area contributed by atoms with Crippen LogP contribution in [0.2, 0.25) is 0 Å². The van der Waals surface area contributed by atoms with Crippen molar-refractivity contribution < 1.29 is 14.4 Å². The van der Waals surface area contributed by atoms with Crippen LogP contribution in [0, 0.1) is 0 Å². The molecule has 2 amide bonds. The summed E-state index contributed by atoms with van der Waals surface area (Å²) in [4.78, 5) is 30.8.